The smallest absolute Gasteiger partial charge is 0.210 e. The Kier molecular flexibility index (Phi) is 3.38. The maximum Gasteiger partial charge on any atom is 0.210 e. The quantitative estimate of drug-likeness (QED) is 0.839. The molecule has 1 unspecified atom stereocenters. The lowest BCUT2D eigenvalue weighted by molar-refractivity contribution is -0.932. The van der Waals surface area contributed by atoms with Gasteiger partial charge in [0.2, 0.25) is 5.72 Å². The van der Waals surface area contributed by atoms with Gasteiger partial charge >= 0.3 is 0 Å². The van der Waals surface area contributed by atoms with E-state index < -0.39 is 0 Å². The van der Waals surface area contributed by atoms with Crippen LogP contribution in [0.15, 0.2) is 41.6 Å². The fourth-order valence-electron chi connectivity index (χ4n) is 6.15. The molecule has 0 bridgehead atoms. The summed E-state index contributed by atoms with van der Waals surface area (Å²) in [6.45, 7) is 2.17. The lowest BCUT2D eigenvalue weighted by atomic mass is 9.63. The van der Waals surface area contributed by atoms with Crippen LogP contribution >= 0.6 is 0 Å². The van der Waals surface area contributed by atoms with Crippen molar-refractivity contribution >= 4 is 0 Å². The Bertz CT molecular complexity index is 622. The zero-order chi connectivity index (χ0) is 15.3. The van der Waals surface area contributed by atoms with Gasteiger partial charge in [-0.05, 0) is 43.2 Å². The minimum atomic E-state index is 0.106. The third-order valence-electron chi connectivity index (χ3n) is 6.95. The van der Waals surface area contributed by atoms with Gasteiger partial charge in [-0.15, -0.1) is 0 Å². The first-order valence-corrected chi connectivity index (χ1v) is 9.68. The van der Waals surface area contributed by atoms with Crippen molar-refractivity contribution in [2.45, 2.75) is 63.0 Å². The van der Waals surface area contributed by atoms with Crippen molar-refractivity contribution in [1.82, 2.24) is 0 Å². The summed E-state index contributed by atoms with van der Waals surface area (Å²) in [6.07, 6.45) is 10.8. The van der Waals surface area contributed by atoms with E-state index in [-0.39, 0.29) is 5.72 Å². The molecular formula is C21H28NO+. The molecule has 23 heavy (non-hydrogen) atoms. The number of hydrogen-bond acceptors (Lipinski definition) is 1. The molecule has 1 aromatic carbocycles. The van der Waals surface area contributed by atoms with Crippen LogP contribution in [0.1, 0.15) is 62.8 Å². The fourth-order valence-corrected chi connectivity index (χ4v) is 6.15. The Morgan fingerprint density at radius 3 is 2.78 bits per heavy atom. The van der Waals surface area contributed by atoms with Crippen LogP contribution in [0.5, 0.6) is 0 Å². The first kappa shape index (κ1) is 14.2. The third-order valence-corrected chi connectivity index (χ3v) is 6.95. The van der Waals surface area contributed by atoms with Crippen LogP contribution in [-0.2, 0) is 4.74 Å². The Labute approximate surface area is 139 Å². The van der Waals surface area contributed by atoms with Gasteiger partial charge < -0.3 is 4.74 Å². The average molecular weight is 310 g/mol. The number of allylic oxidation sites excluding steroid dienone is 2. The minimum Gasteiger partial charge on any atom is -0.320 e. The second-order valence-corrected chi connectivity index (χ2v) is 7.92. The van der Waals surface area contributed by atoms with Crippen LogP contribution in [0.3, 0.4) is 0 Å². The van der Waals surface area contributed by atoms with Crippen LogP contribution < -0.4 is 4.90 Å². The molecule has 4 aliphatic rings. The van der Waals surface area contributed by atoms with E-state index in [1.54, 1.807) is 21.7 Å². The highest BCUT2D eigenvalue weighted by Crippen LogP contribution is 2.51. The molecule has 1 saturated heterocycles. The van der Waals surface area contributed by atoms with E-state index in [4.69, 9.17) is 4.74 Å². The standard InChI is InChI=1S/C21H27NO/c1-2-8-16(9-3-1)20-17-10-4-5-12-19(17)22-14-15-23-21(22)13-7-6-11-18(20)21/h1-3,8-9,18,20H,4-7,10-15H2/p+1/t18-,20+,21-/m1/s1. The molecule has 2 aliphatic carbocycles. The van der Waals surface area contributed by atoms with Crippen LogP contribution in [0, 0.1) is 5.92 Å². The van der Waals surface area contributed by atoms with E-state index in [1.807, 2.05) is 0 Å². The monoisotopic (exact) mass is 310 g/mol. The van der Waals surface area contributed by atoms with Crippen LogP contribution in [0.4, 0.5) is 0 Å². The van der Waals surface area contributed by atoms with Crippen molar-refractivity contribution in [3.8, 4) is 0 Å². The number of ether oxygens (including phenoxy) is 1. The number of benzene rings is 1. The number of hydrogen-bond donors (Lipinski definition) is 1. The second-order valence-electron chi connectivity index (χ2n) is 7.92. The van der Waals surface area contributed by atoms with E-state index in [0.29, 0.717) is 11.8 Å². The van der Waals surface area contributed by atoms with Crippen molar-refractivity contribution in [2.24, 2.45) is 5.92 Å². The summed E-state index contributed by atoms with van der Waals surface area (Å²) < 4.78 is 6.58. The van der Waals surface area contributed by atoms with Crippen LogP contribution in [-0.4, -0.2) is 18.9 Å². The zero-order valence-electron chi connectivity index (χ0n) is 14.0. The van der Waals surface area contributed by atoms with Gasteiger partial charge in [-0.1, -0.05) is 36.8 Å². The molecular weight excluding hydrogens is 282 g/mol. The molecule has 4 atom stereocenters. The van der Waals surface area contributed by atoms with Crippen molar-refractivity contribution in [2.75, 3.05) is 13.2 Å². The molecule has 2 nitrogen and oxygen atoms in total. The van der Waals surface area contributed by atoms with Gasteiger partial charge in [0.15, 0.2) is 0 Å². The second kappa shape index (κ2) is 5.46. The van der Waals surface area contributed by atoms with Crippen molar-refractivity contribution < 1.29 is 9.64 Å². The summed E-state index contributed by atoms with van der Waals surface area (Å²) >= 11 is 0. The summed E-state index contributed by atoms with van der Waals surface area (Å²) in [5.74, 6) is 1.31. The first-order chi connectivity index (χ1) is 11.4. The highest BCUT2D eigenvalue weighted by molar-refractivity contribution is 5.35. The summed E-state index contributed by atoms with van der Waals surface area (Å²) in [5, 5.41) is 0. The average Bonchev–Trinajstić information content (AvgIpc) is 3.04. The molecule has 122 valence electrons. The van der Waals surface area contributed by atoms with Gasteiger partial charge in [0.05, 0.1) is 5.92 Å². The molecule has 1 spiro atoms. The lowest BCUT2D eigenvalue weighted by Crippen LogP contribution is -3.19. The summed E-state index contributed by atoms with van der Waals surface area (Å²) in [4.78, 5) is 1.74. The van der Waals surface area contributed by atoms with Crippen molar-refractivity contribution in [3.05, 3.63) is 47.2 Å². The minimum absolute atomic E-state index is 0.106. The maximum absolute atomic E-state index is 6.58. The SMILES string of the molecule is c1ccc([C@H]2C3=C(CCCC3)[NH+]3CCO[C@@]34CCCC[C@H]24)cc1. The summed E-state index contributed by atoms with van der Waals surface area (Å²) in [5.41, 5.74) is 5.20. The molecule has 2 heteroatoms. The molecule has 0 radical (unpaired) electrons. The Balaban J connectivity index is 1.69. The predicted octanol–water partition coefficient (Wildman–Crippen LogP) is 3.41. The number of nitrogens with one attached hydrogen (secondary N) is 1. The highest BCUT2D eigenvalue weighted by Gasteiger charge is 2.61. The van der Waals surface area contributed by atoms with Gasteiger partial charge in [0.1, 0.15) is 18.8 Å². The lowest BCUT2D eigenvalue weighted by Gasteiger charge is -2.52. The largest absolute Gasteiger partial charge is 0.320 e. The summed E-state index contributed by atoms with van der Waals surface area (Å²) in [6, 6.07) is 11.3. The van der Waals surface area contributed by atoms with Crippen molar-refractivity contribution in [3.63, 3.8) is 0 Å². The predicted molar refractivity (Wildman–Crippen MR) is 91.1 cm³/mol. The normalized spacial score (nSPS) is 39.6. The van der Waals surface area contributed by atoms with Gasteiger partial charge in [0, 0.05) is 18.8 Å². The molecule has 1 saturated carbocycles. The Hall–Kier alpha value is -1.12. The van der Waals surface area contributed by atoms with Gasteiger partial charge in [-0.25, -0.2) is 0 Å². The molecule has 0 amide bonds. The van der Waals surface area contributed by atoms with E-state index in [0.717, 1.165) is 6.61 Å². The molecule has 2 aliphatic heterocycles. The van der Waals surface area contributed by atoms with Crippen LogP contribution in [0.25, 0.3) is 0 Å². The zero-order valence-corrected chi connectivity index (χ0v) is 14.0. The molecule has 2 heterocycles. The van der Waals surface area contributed by atoms with Gasteiger partial charge in [0.25, 0.3) is 0 Å². The van der Waals surface area contributed by atoms with Crippen LogP contribution in [0.2, 0.25) is 0 Å². The number of fused-ring (bicyclic) bond motifs is 1. The maximum atomic E-state index is 6.58. The molecule has 2 fully saturated rings. The Morgan fingerprint density at radius 2 is 1.87 bits per heavy atom. The third kappa shape index (κ3) is 2.01. The van der Waals surface area contributed by atoms with Gasteiger partial charge in [-0.2, -0.15) is 0 Å². The molecule has 0 aromatic heterocycles. The van der Waals surface area contributed by atoms with E-state index >= 15 is 0 Å². The highest BCUT2D eigenvalue weighted by atomic mass is 16.5. The molecule has 1 N–H and O–H groups in total. The van der Waals surface area contributed by atoms with Crippen molar-refractivity contribution in [1.29, 1.82) is 0 Å². The first-order valence-electron chi connectivity index (χ1n) is 9.68. The topological polar surface area (TPSA) is 13.7 Å². The van der Waals surface area contributed by atoms with E-state index in [2.05, 4.69) is 30.3 Å². The number of rotatable bonds is 1. The Morgan fingerprint density at radius 1 is 1.00 bits per heavy atom. The number of quaternary nitrogens is 1. The summed E-state index contributed by atoms with van der Waals surface area (Å²) in [7, 11) is 0. The van der Waals surface area contributed by atoms with E-state index in [1.165, 1.54) is 57.9 Å². The van der Waals surface area contributed by atoms with E-state index in [9.17, 15) is 0 Å². The molecule has 5 rings (SSSR count). The van der Waals surface area contributed by atoms with Gasteiger partial charge in [-0.3, -0.25) is 4.90 Å². The molecule has 1 aromatic rings. The fraction of sp³-hybridized carbons (Fsp3) is 0.619.